The minimum absolute atomic E-state index is 0.0341. The van der Waals surface area contributed by atoms with Crippen molar-refractivity contribution in [1.82, 2.24) is 9.78 Å². The van der Waals surface area contributed by atoms with Crippen LogP contribution in [0.3, 0.4) is 0 Å². The summed E-state index contributed by atoms with van der Waals surface area (Å²) < 4.78 is 28.9. The van der Waals surface area contributed by atoms with Crippen LogP contribution in [0, 0.1) is 18.6 Å². The van der Waals surface area contributed by atoms with Gasteiger partial charge in [0.1, 0.15) is 17.3 Å². The van der Waals surface area contributed by atoms with Crippen LogP contribution in [0.25, 0.3) is 11.1 Å². The minimum atomic E-state index is -0.661. The Morgan fingerprint density at radius 3 is 2.41 bits per heavy atom. The molecule has 0 aliphatic rings. The number of aromatic hydroxyl groups is 1. The summed E-state index contributed by atoms with van der Waals surface area (Å²) in [5.41, 5.74) is 0.621. The van der Waals surface area contributed by atoms with Crippen LogP contribution in [0.15, 0.2) is 41.2 Å². The van der Waals surface area contributed by atoms with Gasteiger partial charge in [-0.15, -0.1) is 0 Å². The molecule has 0 bridgehead atoms. The smallest absolute Gasteiger partial charge is 0.278 e. The maximum absolute atomic E-state index is 14.7. The fraction of sp³-hybridized carbons (Fsp3) is 0.200. The molecule has 1 heterocycles. The second-order valence-corrected chi connectivity index (χ2v) is 6.65. The van der Waals surface area contributed by atoms with Gasteiger partial charge < -0.3 is 5.11 Å². The van der Waals surface area contributed by atoms with Gasteiger partial charge in [-0.05, 0) is 55.2 Å². The summed E-state index contributed by atoms with van der Waals surface area (Å²) in [5.74, 6) is -1.38. The van der Waals surface area contributed by atoms with Crippen LogP contribution >= 0.6 is 11.6 Å². The monoisotopic (exact) mass is 390 g/mol. The number of benzene rings is 2. The lowest BCUT2D eigenvalue weighted by atomic mass is 9.94. The van der Waals surface area contributed by atoms with Crippen LogP contribution in [-0.4, -0.2) is 14.9 Å². The fourth-order valence-corrected chi connectivity index (χ4v) is 3.27. The van der Waals surface area contributed by atoms with Gasteiger partial charge in [0.05, 0.1) is 5.56 Å². The van der Waals surface area contributed by atoms with Crippen molar-refractivity contribution in [2.75, 3.05) is 0 Å². The molecule has 1 aromatic heterocycles. The van der Waals surface area contributed by atoms with Crippen LogP contribution in [0.1, 0.15) is 16.8 Å². The second-order valence-electron chi connectivity index (χ2n) is 6.25. The molecule has 0 fully saturated rings. The summed E-state index contributed by atoms with van der Waals surface area (Å²) >= 11 is 6.29. The summed E-state index contributed by atoms with van der Waals surface area (Å²) in [6.45, 7) is 1.53. The van der Waals surface area contributed by atoms with Crippen LogP contribution in [0.5, 0.6) is 5.75 Å². The zero-order chi connectivity index (χ0) is 19.7. The van der Waals surface area contributed by atoms with Gasteiger partial charge in [0.25, 0.3) is 5.56 Å². The molecule has 0 saturated carbocycles. The molecule has 140 valence electrons. The van der Waals surface area contributed by atoms with E-state index in [2.05, 4.69) is 5.10 Å². The molecule has 2 aromatic carbocycles. The van der Waals surface area contributed by atoms with Crippen LogP contribution in [0.2, 0.25) is 5.02 Å². The first-order chi connectivity index (χ1) is 12.8. The quantitative estimate of drug-likeness (QED) is 0.727. The molecule has 0 spiro atoms. The van der Waals surface area contributed by atoms with Gasteiger partial charge in [0, 0.05) is 17.6 Å². The van der Waals surface area contributed by atoms with E-state index in [-0.39, 0.29) is 33.4 Å². The SMILES string of the molecule is Cc1nn(C)c(=O)c(-c2c(F)ccc(Cl)c2CCc2ccc(F)cc2)c1O. The van der Waals surface area contributed by atoms with Crippen molar-refractivity contribution < 1.29 is 13.9 Å². The normalized spacial score (nSPS) is 11.0. The molecule has 3 rings (SSSR count). The molecule has 0 radical (unpaired) electrons. The molecule has 4 nitrogen and oxygen atoms in total. The highest BCUT2D eigenvalue weighted by Gasteiger charge is 2.23. The van der Waals surface area contributed by atoms with Crippen molar-refractivity contribution in [2.45, 2.75) is 19.8 Å². The first-order valence-electron chi connectivity index (χ1n) is 8.28. The highest BCUT2D eigenvalue weighted by molar-refractivity contribution is 6.31. The molecule has 0 saturated heterocycles. The van der Waals surface area contributed by atoms with Gasteiger partial charge in [-0.3, -0.25) is 4.79 Å². The number of rotatable bonds is 4. The van der Waals surface area contributed by atoms with Crippen molar-refractivity contribution in [3.8, 4) is 16.9 Å². The third-order valence-electron chi connectivity index (χ3n) is 4.42. The Balaban J connectivity index is 2.13. The maximum Gasteiger partial charge on any atom is 0.278 e. The van der Waals surface area contributed by atoms with Crippen LogP contribution in [-0.2, 0) is 19.9 Å². The fourth-order valence-electron chi connectivity index (χ4n) is 3.02. The predicted molar refractivity (Wildman–Crippen MR) is 100 cm³/mol. The maximum atomic E-state index is 14.7. The molecule has 7 heteroatoms. The highest BCUT2D eigenvalue weighted by Crippen LogP contribution is 2.36. The van der Waals surface area contributed by atoms with E-state index in [1.807, 2.05) is 0 Å². The standard InChI is InChI=1S/C20H17ClF2N2O2/c1-11-19(26)18(20(27)25(2)24-11)17-14(15(21)9-10-16(17)23)8-5-12-3-6-13(22)7-4-12/h3-4,6-7,9-10,26H,5,8H2,1-2H3. The van der Waals surface area contributed by atoms with Crippen LogP contribution < -0.4 is 5.56 Å². The lowest BCUT2D eigenvalue weighted by molar-refractivity contribution is 0.460. The Morgan fingerprint density at radius 1 is 1.07 bits per heavy atom. The molecular weight excluding hydrogens is 374 g/mol. The topological polar surface area (TPSA) is 55.1 Å². The van der Waals surface area contributed by atoms with E-state index in [9.17, 15) is 18.7 Å². The molecule has 0 amide bonds. The summed E-state index contributed by atoms with van der Waals surface area (Å²) in [6.07, 6.45) is 0.767. The van der Waals surface area contributed by atoms with Crippen molar-refractivity contribution in [1.29, 1.82) is 0 Å². The van der Waals surface area contributed by atoms with Gasteiger partial charge >= 0.3 is 0 Å². The molecule has 1 N–H and O–H groups in total. The third kappa shape index (κ3) is 3.71. The Morgan fingerprint density at radius 2 is 1.74 bits per heavy atom. The zero-order valence-corrected chi connectivity index (χ0v) is 15.5. The van der Waals surface area contributed by atoms with E-state index in [4.69, 9.17) is 11.6 Å². The number of nitrogens with zero attached hydrogens (tertiary/aromatic N) is 2. The number of hydrogen-bond donors (Lipinski definition) is 1. The molecule has 3 aromatic rings. The number of aryl methyl sites for hydroxylation is 3. The van der Waals surface area contributed by atoms with Crippen molar-refractivity contribution in [3.05, 3.63) is 80.2 Å². The molecule has 0 aliphatic heterocycles. The van der Waals surface area contributed by atoms with Crippen molar-refractivity contribution >= 4 is 11.6 Å². The predicted octanol–water partition coefficient (Wildman–Crippen LogP) is 4.18. The largest absolute Gasteiger partial charge is 0.505 e. The summed E-state index contributed by atoms with van der Waals surface area (Å²) in [7, 11) is 1.43. The van der Waals surface area contributed by atoms with E-state index in [1.54, 1.807) is 12.1 Å². The number of aromatic nitrogens is 2. The van der Waals surface area contributed by atoms with E-state index in [1.165, 1.54) is 32.2 Å². The van der Waals surface area contributed by atoms with Crippen LogP contribution in [0.4, 0.5) is 8.78 Å². The van der Waals surface area contributed by atoms with Gasteiger partial charge in [0.2, 0.25) is 0 Å². The number of halogens is 3. The highest BCUT2D eigenvalue weighted by atomic mass is 35.5. The first kappa shape index (κ1) is 19.0. The average Bonchev–Trinajstić information content (AvgIpc) is 2.63. The Kier molecular flexibility index (Phi) is 5.28. The minimum Gasteiger partial charge on any atom is -0.505 e. The zero-order valence-electron chi connectivity index (χ0n) is 14.8. The average molecular weight is 391 g/mol. The summed E-state index contributed by atoms with van der Waals surface area (Å²) in [4.78, 5) is 12.6. The molecule has 0 aliphatic carbocycles. The first-order valence-corrected chi connectivity index (χ1v) is 8.66. The van der Waals surface area contributed by atoms with E-state index < -0.39 is 11.4 Å². The Labute approximate surface area is 159 Å². The summed E-state index contributed by atoms with van der Waals surface area (Å²) in [6, 6.07) is 8.53. The number of hydrogen-bond acceptors (Lipinski definition) is 3. The molecule has 0 atom stereocenters. The molecule has 0 unspecified atom stereocenters. The molecular formula is C20H17ClF2N2O2. The third-order valence-corrected chi connectivity index (χ3v) is 4.77. The van der Waals surface area contributed by atoms with Gasteiger partial charge in [0.15, 0.2) is 5.75 Å². The van der Waals surface area contributed by atoms with Crippen molar-refractivity contribution in [2.24, 2.45) is 7.05 Å². The van der Waals surface area contributed by atoms with E-state index >= 15 is 0 Å². The van der Waals surface area contributed by atoms with Gasteiger partial charge in [-0.25, -0.2) is 13.5 Å². The van der Waals surface area contributed by atoms with Gasteiger partial charge in [-0.2, -0.15) is 5.10 Å². The van der Waals surface area contributed by atoms with Crippen molar-refractivity contribution in [3.63, 3.8) is 0 Å². The lowest BCUT2D eigenvalue weighted by Crippen LogP contribution is -2.23. The Hall–Kier alpha value is -2.73. The van der Waals surface area contributed by atoms with Gasteiger partial charge in [-0.1, -0.05) is 23.7 Å². The lowest BCUT2D eigenvalue weighted by Gasteiger charge is -2.15. The Bertz CT molecular complexity index is 1060. The summed E-state index contributed by atoms with van der Waals surface area (Å²) in [5, 5.41) is 14.6. The molecule has 27 heavy (non-hydrogen) atoms. The van der Waals surface area contributed by atoms with E-state index in [0.717, 1.165) is 16.3 Å². The van der Waals surface area contributed by atoms with E-state index in [0.29, 0.717) is 18.4 Å². The second kappa shape index (κ2) is 7.48.